The molecule has 1 aromatic carbocycles. The second-order valence-corrected chi connectivity index (χ2v) is 7.81. The molecule has 4 saturated carbocycles. The number of benzene rings is 1. The first-order valence-electron chi connectivity index (χ1n) is 8.09. The Balaban J connectivity index is 1.44. The van der Waals surface area contributed by atoms with Gasteiger partial charge in [0.05, 0.1) is 0 Å². The van der Waals surface area contributed by atoms with Gasteiger partial charge in [-0.25, -0.2) is 4.39 Å². The molecule has 4 aliphatic rings. The van der Waals surface area contributed by atoms with E-state index in [-0.39, 0.29) is 5.82 Å². The number of rotatable bonds is 3. The van der Waals surface area contributed by atoms with Gasteiger partial charge in [0.2, 0.25) is 0 Å². The number of halogens is 1. The first-order chi connectivity index (χ1) is 9.61. The summed E-state index contributed by atoms with van der Waals surface area (Å²) in [6.07, 6.45) is 7.19. The monoisotopic (exact) mass is 273 g/mol. The summed E-state index contributed by atoms with van der Waals surface area (Å²) in [6.45, 7) is 3.40. The number of nitrogens with one attached hydrogen (secondary N) is 1. The van der Waals surface area contributed by atoms with Crippen LogP contribution in [0.4, 0.5) is 4.39 Å². The lowest BCUT2D eigenvalue weighted by molar-refractivity contribution is -0.0669. The van der Waals surface area contributed by atoms with Gasteiger partial charge in [-0.2, -0.15) is 0 Å². The standard InChI is InChI=1S/C18H24FN/c1-18-8-13-6-14(9-18)17(15(7-13)10-18)20-11-12-2-4-16(19)5-3-12/h2-5,13-15,17,20H,6-11H2,1H3. The molecular formula is C18H24FN. The van der Waals surface area contributed by atoms with E-state index in [9.17, 15) is 4.39 Å². The van der Waals surface area contributed by atoms with E-state index in [1.54, 1.807) is 12.1 Å². The normalized spacial score (nSPS) is 42.1. The Hall–Kier alpha value is -0.890. The van der Waals surface area contributed by atoms with Crippen molar-refractivity contribution in [1.82, 2.24) is 5.32 Å². The molecule has 2 unspecified atom stereocenters. The number of hydrogen-bond acceptors (Lipinski definition) is 1. The summed E-state index contributed by atoms with van der Waals surface area (Å²) in [4.78, 5) is 0. The maximum Gasteiger partial charge on any atom is 0.123 e. The molecule has 0 heterocycles. The fourth-order valence-electron chi connectivity index (χ4n) is 5.60. The molecule has 4 aliphatic carbocycles. The van der Waals surface area contributed by atoms with Crippen LogP contribution in [-0.4, -0.2) is 6.04 Å². The van der Waals surface area contributed by atoms with Crippen LogP contribution >= 0.6 is 0 Å². The molecule has 0 aliphatic heterocycles. The first-order valence-corrected chi connectivity index (χ1v) is 8.09. The third-order valence-corrected chi connectivity index (χ3v) is 6.03. The highest BCUT2D eigenvalue weighted by Crippen LogP contribution is 2.59. The van der Waals surface area contributed by atoms with Crippen molar-refractivity contribution < 1.29 is 4.39 Å². The third-order valence-electron chi connectivity index (χ3n) is 6.03. The Morgan fingerprint density at radius 1 is 1.10 bits per heavy atom. The molecule has 5 rings (SSSR count). The summed E-state index contributed by atoms with van der Waals surface area (Å²) in [6, 6.07) is 7.63. The Morgan fingerprint density at radius 3 is 2.35 bits per heavy atom. The highest BCUT2D eigenvalue weighted by atomic mass is 19.1. The molecule has 1 N–H and O–H groups in total. The highest BCUT2D eigenvalue weighted by Gasteiger charge is 2.52. The third kappa shape index (κ3) is 2.18. The highest BCUT2D eigenvalue weighted by molar-refractivity contribution is 5.16. The van der Waals surface area contributed by atoms with E-state index >= 15 is 0 Å². The minimum Gasteiger partial charge on any atom is -0.309 e. The average molecular weight is 273 g/mol. The van der Waals surface area contributed by atoms with Gasteiger partial charge in [0.15, 0.2) is 0 Å². The van der Waals surface area contributed by atoms with E-state index in [0.717, 1.165) is 24.3 Å². The molecule has 0 saturated heterocycles. The average Bonchev–Trinajstić information content (AvgIpc) is 2.38. The molecule has 0 amide bonds. The molecule has 0 spiro atoms. The van der Waals surface area contributed by atoms with E-state index in [1.807, 2.05) is 12.1 Å². The van der Waals surface area contributed by atoms with Crippen molar-refractivity contribution >= 4 is 0 Å². The van der Waals surface area contributed by atoms with Crippen LogP contribution in [-0.2, 0) is 6.54 Å². The van der Waals surface area contributed by atoms with E-state index < -0.39 is 0 Å². The lowest BCUT2D eigenvalue weighted by Crippen LogP contribution is -2.57. The minimum absolute atomic E-state index is 0.142. The quantitative estimate of drug-likeness (QED) is 0.873. The first kappa shape index (κ1) is 12.8. The zero-order chi connectivity index (χ0) is 13.7. The zero-order valence-corrected chi connectivity index (χ0v) is 12.2. The van der Waals surface area contributed by atoms with Crippen molar-refractivity contribution in [3.8, 4) is 0 Å². The summed E-state index contributed by atoms with van der Waals surface area (Å²) in [7, 11) is 0. The minimum atomic E-state index is -0.142. The van der Waals surface area contributed by atoms with Gasteiger partial charge < -0.3 is 5.32 Å². The molecule has 0 aromatic heterocycles. The molecule has 20 heavy (non-hydrogen) atoms. The van der Waals surface area contributed by atoms with Gasteiger partial charge in [-0.1, -0.05) is 19.1 Å². The molecule has 1 aromatic rings. The van der Waals surface area contributed by atoms with Gasteiger partial charge in [-0.15, -0.1) is 0 Å². The van der Waals surface area contributed by atoms with Gasteiger partial charge in [-0.05, 0) is 73.0 Å². The molecule has 0 radical (unpaired) electrons. The van der Waals surface area contributed by atoms with Crippen LogP contribution in [0.3, 0.4) is 0 Å². The van der Waals surface area contributed by atoms with Crippen molar-refractivity contribution in [3.63, 3.8) is 0 Å². The molecular weight excluding hydrogens is 249 g/mol. The summed E-state index contributed by atoms with van der Waals surface area (Å²) in [5, 5.41) is 3.80. The van der Waals surface area contributed by atoms with Gasteiger partial charge in [0, 0.05) is 12.6 Å². The van der Waals surface area contributed by atoms with Gasteiger partial charge >= 0.3 is 0 Å². The molecule has 2 atom stereocenters. The number of hydrogen-bond donors (Lipinski definition) is 1. The maximum atomic E-state index is 12.9. The topological polar surface area (TPSA) is 12.0 Å². The van der Waals surface area contributed by atoms with E-state index in [0.29, 0.717) is 11.5 Å². The molecule has 4 bridgehead atoms. The van der Waals surface area contributed by atoms with Crippen LogP contribution in [0.2, 0.25) is 0 Å². The van der Waals surface area contributed by atoms with Crippen LogP contribution in [0, 0.1) is 29.0 Å². The van der Waals surface area contributed by atoms with Crippen molar-refractivity contribution in [2.24, 2.45) is 23.2 Å². The lowest BCUT2D eigenvalue weighted by atomic mass is 9.48. The molecule has 2 heteroatoms. The van der Waals surface area contributed by atoms with Gasteiger partial charge in [0.1, 0.15) is 5.82 Å². The van der Waals surface area contributed by atoms with Gasteiger partial charge in [0.25, 0.3) is 0 Å². The Bertz CT molecular complexity index is 479. The summed E-state index contributed by atoms with van der Waals surface area (Å²) >= 11 is 0. The van der Waals surface area contributed by atoms with E-state index in [2.05, 4.69) is 12.2 Å². The van der Waals surface area contributed by atoms with Crippen molar-refractivity contribution in [2.45, 2.75) is 51.6 Å². The van der Waals surface area contributed by atoms with Crippen LogP contribution in [0.15, 0.2) is 24.3 Å². The Kier molecular flexibility index (Phi) is 2.92. The van der Waals surface area contributed by atoms with Crippen LogP contribution in [0.1, 0.15) is 44.6 Å². The molecule has 1 nitrogen and oxygen atoms in total. The fourth-order valence-corrected chi connectivity index (χ4v) is 5.60. The largest absolute Gasteiger partial charge is 0.309 e. The van der Waals surface area contributed by atoms with Crippen LogP contribution in [0.5, 0.6) is 0 Å². The predicted molar refractivity (Wildman–Crippen MR) is 78.7 cm³/mol. The summed E-state index contributed by atoms with van der Waals surface area (Å²) in [5.74, 6) is 2.62. The van der Waals surface area contributed by atoms with E-state index in [4.69, 9.17) is 0 Å². The summed E-state index contributed by atoms with van der Waals surface area (Å²) < 4.78 is 12.9. The second-order valence-electron chi connectivity index (χ2n) is 7.81. The second kappa shape index (κ2) is 4.56. The Labute approximate surface area is 121 Å². The van der Waals surface area contributed by atoms with E-state index in [1.165, 1.54) is 37.7 Å². The van der Waals surface area contributed by atoms with Gasteiger partial charge in [-0.3, -0.25) is 0 Å². The van der Waals surface area contributed by atoms with Crippen molar-refractivity contribution in [2.75, 3.05) is 0 Å². The summed E-state index contributed by atoms with van der Waals surface area (Å²) in [5.41, 5.74) is 1.84. The zero-order valence-electron chi connectivity index (χ0n) is 12.2. The van der Waals surface area contributed by atoms with Crippen molar-refractivity contribution in [3.05, 3.63) is 35.6 Å². The fraction of sp³-hybridized carbons (Fsp3) is 0.667. The van der Waals surface area contributed by atoms with Crippen LogP contribution in [0.25, 0.3) is 0 Å². The predicted octanol–water partition coefficient (Wildman–Crippen LogP) is 4.13. The molecule has 108 valence electrons. The SMILES string of the molecule is CC12CC3CC(C1)C(NCc1ccc(F)cc1)C(C3)C2. The van der Waals surface area contributed by atoms with Crippen LogP contribution < -0.4 is 5.32 Å². The maximum absolute atomic E-state index is 12.9. The lowest BCUT2D eigenvalue weighted by Gasteiger charge is -2.59. The Morgan fingerprint density at radius 2 is 1.75 bits per heavy atom. The smallest absolute Gasteiger partial charge is 0.123 e. The molecule has 4 fully saturated rings. The van der Waals surface area contributed by atoms with Crippen molar-refractivity contribution in [1.29, 1.82) is 0 Å².